The molecule has 0 aliphatic heterocycles. The minimum Gasteiger partial charge on any atom is -0.379 e. The van der Waals surface area contributed by atoms with Gasteiger partial charge in [0, 0.05) is 19.2 Å². The summed E-state index contributed by atoms with van der Waals surface area (Å²) in [4.78, 5) is 0. The Hall–Kier alpha value is -0.970. The van der Waals surface area contributed by atoms with Gasteiger partial charge in [0.05, 0.1) is 19.3 Å². The Balaban J connectivity index is 2.48. The molecular weight excluding hydrogens is 269 g/mol. The molecule has 0 amide bonds. The average Bonchev–Trinajstić information content (AvgIpc) is 2.41. The van der Waals surface area contributed by atoms with Crippen molar-refractivity contribution in [3.63, 3.8) is 0 Å². The third-order valence-corrected chi connectivity index (χ3v) is 2.93. The summed E-state index contributed by atoms with van der Waals surface area (Å²) in [5.74, 6) is 0.285. The maximum atomic E-state index is 13.4. The van der Waals surface area contributed by atoms with E-state index in [-0.39, 0.29) is 11.9 Å². The number of nitrogens with one attached hydrogen (secondary N) is 1. The van der Waals surface area contributed by atoms with Crippen LogP contribution in [0.15, 0.2) is 24.3 Å². The van der Waals surface area contributed by atoms with Crippen LogP contribution in [0.1, 0.15) is 39.4 Å². The molecule has 1 atom stereocenters. The molecule has 1 aromatic carbocycles. The van der Waals surface area contributed by atoms with Gasteiger partial charge in [0.25, 0.3) is 0 Å². The van der Waals surface area contributed by atoms with E-state index in [1.165, 1.54) is 12.1 Å². The number of hydrogen-bond acceptors (Lipinski definition) is 3. The van der Waals surface area contributed by atoms with Gasteiger partial charge in [-0.3, -0.25) is 0 Å². The van der Waals surface area contributed by atoms with Crippen molar-refractivity contribution in [2.24, 2.45) is 5.92 Å². The van der Waals surface area contributed by atoms with Crippen molar-refractivity contribution in [2.75, 3.05) is 26.4 Å². The molecule has 1 N–H and O–H groups in total. The van der Waals surface area contributed by atoms with Crippen molar-refractivity contribution in [3.8, 4) is 0 Å². The zero-order valence-electron chi connectivity index (χ0n) is 13.6. The highest BCUT2D eigenvalue weighted by atomic mass is 19.1. The summed E-state index contributed by atoms with van der Waals surface area (Å²) in [5.41, 5.74) is 0.854. The van der Waals surface area contributed by atoms with E-state index in [1.54, 1.807) is 6.07 Å². The van der Waals surface area contributed by atoms with Crippen LogP contribution in [0.25, 0.3) is 0 Å². The molecule has 0 fully saturated rings. The Morgan fingerprint density at radius 2 is 1.90 bits per heavy atom. The second-order valence-electron chi connectivity index (χ2n) is 5.95. The van der Waals surface area contributed by atoms with Crippen LogP contribution >= 0.6 is 0 Å². The number of rotatable bonds is 10. The van der Waals surface area contributed by atoms with Gasteiger partial charge in [0.1, 0.15) is 5.82 Å². The molecule has 21 heavy (non-hydrogen) atoms. The fourth-order valence-corrected chi connectivity index (χ4v) is 1.89. The van der Waals surface area contributed by atoms with E-state index in [9.17, 15) is 4.39 Å². The van der Waals surface area contributed by atoms with E-state index in [4.69, 9.17) is 9.47 Å². The molecule has 120 valence electrons. The molecule has 0 saturated heterocycles. The summed E-state index contributed by atoms with van der Waals surface area (Å²) >= 11 is 0. The van der Waals surface area contributed by atoms with Gasteiger partial charge in [-0.1, -0.05) is 39.8 Å². The first-order chi connectivity index (χ1) is 9.99. The smallest absolute Gasteiger partial charge is 0.123 e. The minimum absolute atomic E-state index is 0.161. The van der Waals surface area contributed by atoms with Gasteiger partial charge in [0.15, 0.2) is 0 Å². The summed E-state index contributed by atoms with van der Waals surface area (Å²) in [6.45, 7) is 10.8. The minimum atomic E-state index is -0.235. The first-order valence-corrected chi connectivity index (χ1v) is 7.67. The molecule has 1 aromatic rings. The van der Waals surface area contributed by atoms with Gasteiger partial charge in [-0.15, -0.1) is 0 Å². The molecule has 1 rings (SSSR count). The van der Waals surface area contributed by atoms with E-state index in [0.29, 0.717) is 31.7 Å². The Labute approximate surface area is 127 Å². The van der Waals surface area contributed by atoms with Crippen LogP contribution in [0.5, 0.6) is 0 Å². The first-order valence-electron chi connectivity index (χ1n) is 7.67. The lowest BCUT2D eigenvalue weighted by molar-refractivity contribution is -0.00200. The van der Waals surface area contributed by atoms with E-state index < -0.39 is 0 Å². The summed E-state index contributed by atoms with van der Waals surface area (Å²) in [6, 6.07) is 6.95. The van der Waals surface area contributed by atoms with Gasteiger partial charge >= 0.3 is 0 Å². The summed E-state index contributed by atoms with van der Waals surface area (Å²) in [7, 11) is 0. The first kappa shape index (κ1) is 18.1. The SMILES string of the molecule is CC(C)COCCOC(CNC(C)C)c1cccc(F)c1. The van der Waals surface area contributed by atoms with Crippen LogP contribution in [0, 0.1) is 11.7 Å². The van der Waals surface area contributed by atoms with E-state index in [2.05, 4.69) is 33.0 Å². The second-order valence-corrected chi connectivity index (χ2v) is 5.95. The van der Waals surface area contributed by atoms with E-state index >= 15 is 0 Å². The van der Waals surface area contributed by atoms with Gasteiger partial charge in [-0.2, -0.15) is 0 Å². The Morgan fingerprint density at radius 3 is 2.52 bits per heavy atom. The maximum absolute atomic E-state index is 13.4. The predicted molar refractivity (Wildman–Crippen MR) is 83.9 cm³/mol. The highest BCUT2D eigenvalue weighted by Crippen LogP contribution is 2.18. The summed E-state index contributed by atoms with van der Waals surface area (Å²) in [5, 5.41) is 3.33. The topological polar surface area (TPSA) is 30.5 Å². The van der Waals surface area contributed by atoms with Crippen LogP contribution in [0.3, 0.4) is 0 Å². The fourth-order valence-electron chi connectivity index (χ4n) is 1.89. The predicted octanol–water partition coefficient (Wildman–Crippen LogP) is 3.55. The van der Waals surface area contributed by atoms with Crippen LogP contribution < -0.4 is 5.32 Å². The van der Waals surface area contributed by atoms with Crippen molar-refractivity contribution in [2.45, 2.75) is 39.8 Å². The lowest BCUT2D eigenvalue weighted by atomic mass is 10.1. The molecule has 0 aliphatic carbocycles. The molecule has 4 heteroatoms. The molecule has 0 spiro atoms. The van der Waals surface area contributed by atoms with Crippen LogP contribution in [0.2, 0.25) is 0 Å². The molecule has 0 aliphatic rings. The van der Waals surface area contributed by atoms with Gasteiger partial charge in [0.2, 0.25) is 0 Å². The van der Waals surface area contributed by atoms with E-state index in [0.717, 1.165) is 12.2 Å². The van der Waals surface area contributed by atoms with Crippen LogP contribution in [-0.2, 0) is 9.47 Å². The lowest BCUT2D eigenvalue weighted by Gasteiger charge is -2.21. The molecule has 0 aromatic heterocycles. The molecule has 3 nitrogen and oxygen atoms in total. The summed E-state index contributed by atoms with van der Waals surface area (Å²) in [6.07, 6.45) is -0.161. The van der Waals surface area contributed by atoms with Gasteiger partial charge in [-0.25, -0.2) is 4.39 Å². The van der Waals surface area contributed by atoms with Crippen molar-refractivity contribution in [1.82, 2.24) is 5.32 Å². The molecule has 0 radical (unpaired) electrons. The largest absolute Gasteiger partial charge is 0.379 e. The fraction of sp³-hybridized carbons (Fsp3) is 0.647. The third kappa shape index (κ3) is 8.15. The number of ether oxygens (including phenoxy) is 2. The quantitative estimate of drug-likeness (QED) is 0.670. The number of hydrogen-bond donors (Lipinski definition) is 1. The molecule has 0 saturated carbocycles. The zero-order chi connectivity index (χ0) is 15.7. The van der Waals surface area contributed by atoms with E-state index in [1.807, 2.05) is 6.07 Å². The highest BCUT2D eigenvalue weighted by Gasteiger charge is 2.13. The van der Waals surface area contributed by atoms with Gasteiger partial charge < -0.3 is 14.8 Å². The van der Waals surface area contributed by atoms with Crippen LogP contribution in [0.4, 0.5) is 4.39 Å². The zero-order valence-corrected chi connectivity index (χ0v) is 13.6. The Bertz CT molecular complexity index is 396. The second kappa shape index (κ2) is 9.87. The monoisotopic (exact) mass is 297 g/mol. The maximum Gasteiger partial charge on any atom is 0.123 e. The van der Waals surface area contributed by atoms with Crippen LogP contribution in [-0.4, -0.2) is 32.4 Å². The normalized spacial score (nSPS) is 13.1. The molecule has 1 unspecified atom stereocenters. The summed E-state index contributed by atoms with van der Waals surface area (Å²) < 4.78 is 24.7. The number of benzene rings is 1. The van der Waals surface area contributed by atoms with Crippen molar-refractivity contribution >= 4 is 0 Å². The van der Waals surface area contributed by atoms with Crippen molar-refractivity contribution in [1.29, 1.82) is 0 Å². The highest BCUT2D eigenvalue weighted by molar-refractivity contribution is 5.19. The Kier molecular flexibility index (Phi) is 8.50. The molecule has 0 heterocycles. The molecule has 0 bridgehead atoms. The van der Waals surface area contributed by atoms with Crippen molar-refractivity contribution < 1.29 is 13.9 Å². The van der Waals surface area contributed by atoms with Gasteiger partial charge in [-0.05, 0) is 23.6 Å². The van der Waals surface area contributed by atoms with Crippen molar-refractivity contribution in [3.05, 3.63) is 35.6 Å². The standard InChI is InChI=1S/C17H28FNO2/c1-13(2)12-20-8-9-21-17(11-19-14(3)4)15-6-5-7-16(18)10-15/h5-7,10,13-14,17,19H,8-9,11-12H2,1-4H3. The lowest BCUT2D eigenvalue weighted by Crippen LogP contribution is -2.29. The average molecular weight is 297 g/mol. The Morgan fingerprint density at radius 1 is 1.14 bits per heavy atom. The number of halogens is 1. The molecular formula is C17H28FNO2. The third-order valence-electron chi connectivity index (χ3n) is 2.93.